The zero-order chi connectivity index (χ0) is 20.8. The van der Waals surface area contributed by atoms with Gasteiger partial charge in [0, 0.05) is 10.9 Å². The molecule has 0 bridgehead atoms. The van der Waals surface area contributed by atoms with Gasteiger partial charge in [0.25, 0.3) is 5.91 Å². The molecule has 0 saturated carbocycles. The zero-order valence-electron chi connectivity index (χ0n) is 15.2. The number of nitriles is 1. The Bertz CT molecular complexity index is 1130. The average Bonchev–Trinajstić information content (AvgIpc) is 3.20. The van der Waals surface area contributed by atoms with Gasteiger partial charge in [0.2, 0.25) is 0 Å². The molecule has 0 aliphatic carbocycles. The number of hydrogen-bond acceptors (Lipinski definition) is 7. The lowest BCUT2D eigenvalue weighted by Gasteiger charge is -2.04. The Morgan fingerprint density at radius 2 is 2.00 bits per heavy atom. The van der Waals surface area contributed by atoms with E-state index in [4.69, 9.17) is 0 Å². The number of nitrogens with one attached hydrogen (secondary N) is 1. The SMILES string of the molecule is COC(=O)c1ccc(/C=C(\C#N)C(=O)Nc2nc(-c3ccccc3)cs2)cc1O. The van der Waals surface area contributed by atoms with E-state index in [2.05, 4.69) is 15.0 Å². The van der Waals surface area contributed by atoms with Crippen molar-refractivity contribution in [2.45, 2.75) is 0 Å². The van der Waals surface area contributed by atoms with Crippen molar-refractivity contribution in [1.82, 2.24) is 4.98 Å². The van der Waals surface area contributed by atoms with Crippen molar-refractivity contribution in [2.24, 2.45) is 0 Å². The third-order valence-corrected chi connectivity index (χ3v) is 4.66. The molecule has 0 radical (unpaired) electrons. The van der Waals surface area contributed by atoms with Crippen LogP contribution in [0.1, 0.15) is 15.9 Å². The van der Waals surface area contributed by atoms with Gasteiger partial charge in [-0.3, -0.25) is 10.1 Å². The van der Waals surface area contributed by atoms with Crippen LogP contribution in [-0.2, 0) is 9.53 Å². The topological polar surface area (TPSA) is 112 Å². The Kier molecular flexibility index (Phi) is 6.02. The van der Waals surface area contributed by atoms with Crippen LogP contribution in [-0.4, -0.2) is 29.1 Å². The maximum Gasteiger partial charge on any atom is 0.341 e. The van der Waals surface area contributed by atoms with Crippen LogP contribution in [0.25, 0.3) is 17.3 Å². The van der Waals surface area contributed by atoms with Gasteiger partial charge in [0.1, 0.15) is 23.0 Å². The van der Waals surface area contributed by atoms with Gasteiger partial charge in [-0.25, -0.2) is 9.78 Å². The molecular formula is C21H15N3O4S. The summed E-state index contributed by atoms with van der Waals surface area (Å²) in [6.07, 6.45) is 1.31. The van der Waals surface area contributed by atoms with Gasteiger partial charge in [-0.1, -0.05) is 36.4 Å². The first-order valence-electron chi connectivity index (χ1n) is 8.37. The van der Waals surface area contributed by atoms with Gasteiger partial charge in [-0.2, -0.15) is 5.26 Å². The number of esters is 1. The van der Waals surface area contributed by atoms with E-state index in [0.29, 0.717) is 10.7 Å². The highest BCUT2D eigenvalue weighted by Crippen LogP contribution is 2.25. The minimum Gasteiger partial charge on any atom is -0.507 e. The molecule has 0 fully saturated rings. The lowest BCUT2D eigenvalue weighted by molar-refractivity contribution is -0.112. The van der Waals surface area contributed by atoms with Gasteiger partial charge in [0.15, 0.2) is 5.13 Å². The summed E-state index contributed by atoms with van der Waals surface area (Å²) in [4.78, 5) is 28.3. The standard InChI is InChI=1S/C21H15N3O4S/c1-28-20(27)16-8-7-13(10-18(16)25)9-15(11-22)19(26)24-21-23-17(12-29-21)14-5-3-2-4-6-14/h2-10,12,25H,1H3,(H,23,24,26)/b15-9+. The molecule has 1 heterocycles. The van der Waals surface area contributed by atoms with Crippen LogP contribution >= 0.6 is 11.3 Å². The number of thiazole rings is 1. The van der Waals surface area contributed by atoms with E-state index in [1.54, 1.807) is 0 Å². The largest absolute Gasteiger partial charge is 0.507 e. The molecule has 3 aromatic rings. The number of carbonyl (C=O) groups excluding carboxylic acids is 2. The van der Waals surface area contributed by atoms with Crippen LogP contribution in [0.4, 0.5) is 5.13 Å². The molecule has 0 atom stereocenters. The second-order valence-corrected chi connectivity index (χ2v) is 6.65. The number of methoxy groups -OCH3 is 1. The van der Waals surface area contributed by atoms with Crippen molar-refractivity contribution in [1.29, 1.82) is 5.26 Å². The average molecular weight is 405 g/mol. The van der Waals surface area contributed by atoms with E-state index >= 15 is 0 Å². The molecule has 2 aromatic carbocycles. The van der Waals surface area contributed by atoms with Crippen LogP contribution in [0.3, 0.4) is 0 Å². The molecule has 0 aliphatic heterocycles. The number of aromatic nitrogens is 1. The molecule has 144 valence electrons. The molecule has 29 heavy (non-hydrogen) atoms. The molecule has 0 saturated heterocycles. The van der Waals surface area contributed by atoms with Crippen molar-refractivity contribution >= 4 is 34.4 Å². The Hall–Kier alpha value is -3.96. The highest BCUT2D eigenvalue weighted by Gasteiger charge is 2.15. The molecule has 8 heteroatoms. The van der Waals surface area contributed by atoms with Gasteiger partial charge in [-0.05, 0) is 23.8 Å². The Balaban J connectivity index is 1.77. The van der Waals surface area contributed by atoms with Crippen LogP contribution in [0, 0.1) is 11.3 Å². The van der Waals surface area contributed by atoms with Crippen molar-refractivity contribution in [2.75, 3.05) is 12.4 Å². The number of phenolic OH excluding ortho intramolecular Hbond substituents is 1. The summed E-state index contributed by atoms with van der Waals surface area (Å²) in [5, 5.41) is 24.0. The number of aromatic hydroxyl groups is 1. The number of phenols is 1. The van der Waals surface area contributed by atoms with E-state index < -0.39 is 11.9 Å². The van der Waals surface area contributed by atoms with Gasteiger partial charge >= 0.3 is 5.97 Å². The first-order valence-corrected chi connectivity index (χ1v) is 9.25. The predicted molar refractivity (Wildman–Crippen MR) is 109 cm³/mol. The fraction of sp³-hybridized carbons (Fsp3) is 0.0476. The molecule has 0 spiro atoms. The van der Waals surface area contributed by atoms with Crippen molar-refractivity contribution in [3.05, 3.63) is 70.6 Å². The van der Waals surface area contributed by atoms with Crippen LogP contribution < -0.4 is 5.32 Å². The molecule has 0 unspecified atom stereocenters. The summed E-state index contributed by atoms with van der Waals surface area (Å²) in [6, 6.07) is 15.5. The smallest absolute Gasteiger partial charge is 0.341 e. The Morgan fingerprint density at radius 1 is 1.24 bits per heavy atom. The van der Waals surface area contributed by atoms with Crippen molar-refractivity contribution in [3.8, 4) is 23.1 Å². The fourth-order valence-electron chi connectivity index (χ4n) is 2.47. The maximum atomic E-state index is 12.4. The summed E-state index contributed by atoms with van der Waals surface area (Å²) in [5.74, 6) is -1.62. The van der Waals surface area contributed by atoms with E-state index in [9.17, 15) is 20.0 Å². The summed E-state index contributed by atoms with van der Waals surface area (Å²) in [7, 11) is 1.20. The number of carbonyl (C=O) groups is 2. The third-order valence-electron chi connectivity index (χ3n) is 3.90. The fourth-order valence-corrected chi connectivity index (χ4v) is 3.19. The molecular weight excluding hydrogens is 390 g/mol. The lowest BCUT2D eigenvalue weighted by atomic mass is 10.1. The quantitative estimate of drug-likeness (QED) is 0.379. The monoisotopic (exact) mass is 405 g/mol. The number of benzene rings is 2. The van der Waals surface area contributed by atoms with Crippen molar-refractivity contribution < 1.29 is 19.4 Å². The van der Waals surface area contributed by atoms with E-state index in [1.165, 1.54) is 42.7 Å². The molecule has 7 nitrogen and oxygen atoms in total. The highest BCUT2D eigenvalue weighted by atomic mass is 32.1. The van der Waals surface area contributed by atoms with Gasteiger partial charge in [0.05, 0.1) is 12.8 Å². The molecule has 2 N–H and O–H groups in total. The number of amides is 1. The van der Waals surface area contributed by atoms with Gasteiger partial charge in [-0.15, -0.1) is 11.3 Å². The van der Waals surface area contributed by atoms with Crippen LogP contribution in [0.15, 0.2) is 59.5 Å². The minimum atomic E-state index is -0.686. The van der Waals surface area contributed by atoms with Crippen LogP contribution in [0.5, 0.6) is 5.75 Å². The second kappa shape index (κ2) is 8.82. The molecule has 0 aliphatic rings. The van der Waals surface area contributed by atoms with E-state index in [-0.39, 0.29) is 16.9 Å². The maximum absolute atomic E-state index is 12.4. The first kappa shape index (κ1) is 19.8. The number of anilines is 1. The first-order chi connectivity index (χ1) is 14.0. The Morgan fingerprint density at radius 3 is 2.66 bits per heavy atom. The molecule has 1 amide bonds. The number of hydrogen-bond donors (Lipinski definition) is 2. The number of ether oxygens (including phenoxy) is 1. The summed E-state index contributed by atoms with van der Waals surface area (Å²) in [5.41, 5.74) is 1.83. The number of rotatable bonds is 5. The Labute approximate surface area is 170 Å². The lowest BCUT2D eigenvalue weighted by Crippen LogP contribution is -2.13. The minimum absolute atomic E-state index is 0.0103. The van der Waals surface area contributed by atoms with E-state index in [1.807, 2.05) is 41.8 Å². The number of nitrogens with zero attached hydrogens (tertiary/aromatic N) is 2. The summed E-state index contributed by atoms with van der Waals surface area (Å²) >= 11 is 1.25. The molecule has 1 aromatic heterocycles. The van der Waals surface area contributed by atoms with Gasteiger partial charge < -0.3 is 9.84 Å². The predicted octanol–water partition coefficient (Wildman–Crippen LogP) is 3.85. The highest BCUT2D eigenvalue weighted by molar-refractivity contribution is 7.14. The normalized spacial score (nSPS) is 10.8. The second-order valence-electron chi connectivity index (χ2n) is 5.80. The zero-order valence-corrected chi connectivity index (χ0v) is 16.1. The summed E-state index contributed by atoms with van der Waals surface area (Å²) in [6.45, 7) is 0. The van der Waals surface area contributed by atoms with Crippen LogP contribution in [0.2, 0.25) is 0 Å². The summed E-state index contributed by atoms with van der Waals surface area (Å²) < 4.78 is 4.56. The van der Waals surface area contributed by atoms with E-state index in [0.717, 1.165) is 11.3 Å². The third kappa shape index (κ3) is 4.66. The van der Waals surface area contributed by atoms with Crippen molar-refractivity contribution in [3.63, 3.8) is 0 Å². The molecule has 3 rings (SSSR count).